The molecule has 1 amide bonds. The minimum absolute atomic E-state index is 0.0720. The van der Waals surface area contributed by atoms with Gasteiger partial charge in [0.1, 0.15) is 10.3 Å². The average molecular weight is 384 g/mol. The van der Waals surface area contributed by atoms with E-state index in [1.165, 1.54) is 11.5 Å². The third kappa shape index (κ3) is 5.31. The van der Waals surface area contributed by atoms with Gasteiger partial charge >= 0.3 is 0 Å². The smallest absolute Gasteiger partial charge is 0.261 e. The number of unbranched alkanes of at least 4 members (excludes halogenated alkanes) is 1. The number of amides is 1. The van der Waals surface area contributed by atoms with Crippen LogP contribution in [0.25, 0.3) is 10.6 Å². The van der Waals surface area contributed by atoms with Crippen molar-refractivity contribution >= 4 is 27.3 Å². The zero-order chi connectivity index (χ0) is 18.3. The number of hydrogen-bond acceptors (Lipinski definition) is 7. The first-order valence-electron chi connectivity index (χ1n) is 7.65. The van der Waals surface area contributed by atoms with Gasteiger partial charge in [-0.15, -0.1) is 11.3 Å². The number of thiophene rings is 1. The molecule has 0 aliphatic carbocycles. The van der Waals surface area contributed by atoms with E-state index in [0.717, 1.165) is 11.3 Å². The summed E-state index contributed by atoms with van der Waals surface area (Å²) in [5, 5.41) is 8.82. The number of nitrogens with two attached hydrogens (primary N) is 1. The summed E-state index contributed by atoms with van der Waals surface area (Å²) in [6.45, 7) is 0.443. The molecule has 0 aliphatic heterocycles. The number of sulfonamides is 1. The Morgan fingerprint density at radius 3 is 2.72 bits per heavy atom. The van der Waals surface area contributed by atoms with E-state index in [4.69, 9.17) is 10.9 Å². The third-order valence-electron chi connectivity index (χ3n) is 3.43. The maximum absolute atomic E-state index is 12.5. The largest absolute Gasteiger partial charge is 0.330 e. The molecule has 2 rings (SSSR count). The first-order chi connectivity index (χ1) is 12.0. The van der Waals surface area contributed by atoms with Gasteiger partial charge in [-0.05, 0) is 43.7 Å². The van der Waals surface area contributed by atoms with E-state index in [2.05, 4.69) is 9.71 Å². The highest BCUT2D eigenvalue weighted by atomic mass is 32.2. The number of rotatable bonds is 9. The summed E-state index contributed by atoms with van der Waals surface area (Å²) in [4.78, 5) is 16.6. The zero-order valence-electron chi connectivity index (χ0n) is 13.4. The Bertz CT molecular complexity index is 793. The van der Waals surface area contributed by atoms with Crippen LogP contribution in [-0.4, -0.2) is 37.1 Å². The maximum Gasteiger partial charge on any atom is 0.261 e. The number of carbonyl (C=O) groups excluding carboxylic acids is 1. The first kappa shape index (κ1) is 19.5. The van der Waals surface area contributed by atoms with Crippen molar-refractivity contribution in [3.8, 4) is 10.6 Å². The molecule has 0 aromatic carbocycles. The molecule has 10 heteroatoms. The molecule has 0 unspecified atom stereocenters. The third-order valence-corrected chi connectivity index (χ3v) is 6.51. The maximum atomic E-state index is 12.5. The van der Waals surface area contributed by atoms with Crippen molar-refractivity contribution in [2.24, 2.45) is 5.73 Å². The Morgan fingerprint density at radius 2 is 2.08 bits per heavy atom. The van der Waals surface area contributed by atoms with Crippen LogP contribution in [-0.2, 0) is 14.8 Å². The molecule has 0 saturated heterocycles. The standard InChI is InChI=1S/C15H20N4O4S2/c16-9-3-1-6-12(15(20)18-21)19-25(22,23)14-8-7-13(24-14)11-5-2-4-10-17-11/h2,4-5,7-8,10,12,19,21H,1,3,6,9,16H2,(H,18,20)/t12-/m1/s1. The van der Waals surface area contributed by atoms with Gasteiger partial charge in [0.15, 0.2) is 0 Å². The lowest BCUT2D eigenvalue weighted by Gasteiger charge is -2.16. The van der Waals surface area contributed by atoms with Crippen LogP contribution in [0.3, 0.4) is 0 Å². The van der Waals surface area contributed by atoms with Crippen LogP contribution >= 0.6 is 11.3 Å². The summed E-state index contributed by atoms with van der Waals surface area (Å²) >= 11 is 1.06. The Morgan fingerprint density at radius 1 is 1.28 bits per heavy atom. The topological polar surface area (TPSA) is 134 Å². The van der Waals surface area contributed by atoms with Gasteiger partial charge in [0.05, 0.1) is 10.6 Å². The molecule has 0 radical (unpaired) electrons. The molecule has 0 spiro atoms. The molecular formula is C15H20N4O4S2. The van der Waals surface area contributed by atoms with Crippen LogP contribution in [0.5, 0.6) is 0 Å². The number of aromatic nitrogens is 1. The van der Waals surface area contributed by atoms with Gasteiger partial charge in [-0.1, -0.05) is 12.5 Å². The minimum atomic E-state index is -3.90. The van der Waals surface area contributed by atoms with E-state index < -0.39 is 22.0 Å². The molecule has 5 N–H and O–H groups in total. The molecular weight excluding hydrogens is 364 g/mol. The molecule has 2 heterocycles. The second-order valence-corrected chi connectivity index (χ2v) is 8.29. The van der Waals surface area contributed by atoms with Crippen LogP contribution in [0, 0.1) is 0 Å². The van der Waals surface area contributed by atoms with Crippen LogP contribution < -0.4 is 15.9 Å². The Hall–Kier alpha value is -1.85. The van der Waals surface area contributed by atoms with Crippen molar-refractivity contribution in [1.29, 1.82) is 0 Å². The zero-order valence-corrected chi connectivity index (χ0v) is 15.0. The van der Waals surface area contributed by atoms with Gasteiger partial charge in [-0.25, -0.2) is 13.9 Å². The normalized spacial score (nSPS) is 12.7. The van der Waals surface area contributed by atoms with Crippen LogP contribution in [0.1, 0.15) is 19.3 Å². The van der Waals surface area contributed by atoms with Gasteiger partial charge in [-0.2, -0.15) is 4.72 Å². The number of carbonyl (C=O) groups is 1. The second-order valence-electron chi connectivity index (χ2n) is 5.27. The quantitative estimate of drug-likeness (QED) is 0.290. The van der Waals surface area contributed by atoms with Crippen molar-refractivity contribution in [2.45, 2.75) is 29.5 Å². The van der Waals surface area contributed by atoms with Gasteiger partial charge in [-0.3, -0.25) is 15.0 Å². The van der Waals surface area contributed by atoms with Crippen molar-refractivity contribution in [3.05, 3.63) is 36.5 Å². The molecule has 25 heavy (non-hydrogen) atoms. The van der Waals surface area contributed by atoms with Crippen molar-refractivity contribution < 1.29 is 18.4 Å². The highest BCUT2D eigenvalue weighted by Crippen LogP contribution is 2.29. The van der Waals surface area contributed by atoms with Crippen LogP contribution in [0.2, 0.25) is 0 Å². The Kier molecular flexibility index (Phi) is 7.02. The Balaban J connectivity index is 2.16. The van der Waals surface area contributed by atoms with Gasteiger partial charge in [0, 0.05) is 6.20 Å². The van der Waals surface area contributed by atoms with Crippen molar-refractivity contribution in [2.75, 3.05) is 6.54 Å². The predicted molar refractivity (Wildman–Crippen MR) is 94.5 cm³/mol. The highest BCUT2D eigenvalue weighted by molar-refractivity contribution is 7.91. The SMILES string of the molecule is NCCCC[C@@H](NS(=O)(=O)c1ccc(-c2ccccn2)s1)C(=O)NO. The molecule has 2 aromatic rings. The van der Waals surface area contributed by atoms with Crippen molar-refractivity contribution in [1.82, 2.24) is 15.2 Å². The number of hydroxylamine groups is 1. The van der Waals surface area contributed by atoms with E-state index >= 15 is 0 Å². The van der Waals surface area contributed by atoms with Gasteiger partial charge in [0.25, 0.3) is 15.9 Å². The van der Waals surface area contributed by atoms with Crippen LogP contribution in [0.4, 0.5) is 0 Å². The van der Waals surface area contributed by atoms with E-state index in [-0.39, 0.29) is 10.6 Å². The lowest BCUT2D eigenvalue weighted by Crippen LogP contribution is -2.45. The van der Waals surface area contributed by atoms with Gasteiger partial charge in [0.2, 0.25) is 0 Å². The molecule has 1 atom stereocenters. The number of nitrogens with zero attached hydrogens (tertiary/aromatic N) is 1. The fraction of sp³-hybridized carbons (Fsp3) is 0.333. The van der Waals surface area contributed by atoms with E-state index in [0.29, 0.717) is 30.0 Å². The summed E-state index contributed by atoms with van der Waals surface area (Å²) < 4.78 is 27.5. The number of nitrogens with one attached hydrogen (secondary N) is 2. The van der Waals surface area contributed by atoms with E-state index in [1.54, 1.807) is 24.4 Å². The molecule has 0 bridgehead atoms. The number of pyridine rings is 1. The van der Waals surface area contributed by atoms with Crippen molar-refractivity contribution in [3.63, 3.8) is 0 Å². The summed E-state index contributed by atoms with van der Waals surface area (Å²) in [7, 11) is -3.90. The van der Waals surface area contributed by atoms with Gasteiger partial charge < -0.3 is 5.73 Å². The lowest BCUT2D eigenvalue weighted by molar-refractivity contribution is -0.131. The highest BCUT2D eigenvalue weighted by Gasteiger charge is 2.26. The summed E-state index contributed by atoms with van der Waals surface area (Å²) in [5.41, 5.74) is 7.57. The fourth-order valence-electron chi connectivity index (χ4n) is 2.17. The first-order valence-corrected chi connectivity index (χ1v) is 9.95. The average Bonchev–Trinajstić information content (AvgIpc) is 3.12. The predicted octanol–water partition coefficient (Wildman–Crippen LogP) is 1.09. The van der Waals surface area contributed by atoms with Crippen LogP contribution in [0.15, 0.2) is 40.7 Å². The molecule has 2 aromatic heterocycles. The summed E-state index contributed by atoms with van der Waals surface area (Å²) in [6.07, 6.45) is 3.07. The molecule has 0 fully saturated rings. The summed E-state index contributed by atoms with van der Waals surface area (Å²) in [6, 6.07) is 7.43. The molecule has 8 nitrogen and oxygen atoms in total. The van der Waals surface area contributed by atoms with E-state index in [9.17, 15) is 13.2 Å². The monoisotopic (exact) mass is 384 g/mol. The Labute approximate surface area is 150 Å². The minimum Gasteiger partial charge on any atom is -0.330 e. The lowest BCUT2D eigenvalue weighted by atomic mass is 10.1. The second kappa shape index (κ2) is 9.02. The molecule has 136 valence electrons. The molecule has 0 aliphatic rings. The molecule has 0 saturated carbocycles. The van der Waals surface area contributed by atoms with E-state index in [1.807, 2.05) is 6.07 Å². The fourth-order valence-corrected chi connectivity index (χ4v) is 4.70. The summed E-state index contributed by atoms with van der Waals surface area (Å²) in [5.74, 6) is -0.804. The number of hydrogen-bond donors (Lipinski definition) is 4.